The van der Waals surface area contributed by atoms with Gasteiger partial charge in [-0.25, -0.2) is 4.79 Å². The van der Waals surface area contributed by atoms with Crippen LogP contribution in [0.1, 0.15) is 63.6 Å². The van der Waals surface area contributed by atoms with Gasteiger partial charge in [-0.2, -0.15) is 0 Å². The number of rotatable bonds is 10. The van der Waals surface area contributed by atoms with Gasteiger partial charge in [0.05, 0.1) is 6.42 Å². The minimum absolute atomic E-state index is 0.0110. The van der Waals surface area contributed by atoms with Gasteiger partial charge in [-0.05, 0) is 63.3 Å². The van der Waals surface area contributed by atoms with Crippen LogP contribution in [0.2, 0.25) is 0 Å². The largest absolute Gasteiger partial charge is 0.508 e. The number of amides is 4. The molecule has 1 fully saturated rings. The van der Waals surface area contributed by atoms with Gasteiger partial charge in [-0.1, -0.05) is 42.5 Å². The Hall–Kier alpha value is -4.08. The summed E-state index contributed by atoms with van der Waals surface area (Å²) in [5.74, 6) is -1.83. The third kappa shape index (κ3) is 7.96. The van der Waals surface area contributed by atoms with Crippen LogP contribution in [-0.4, -0.2) is 51.5 Å². The van der Waals surface area contributed by atoms with Crippen molar-refractivity contribution in [3.05, 3.63) is 65.7 Å². The molecule has 10 heteroatoms. The summed E-state index contributed by atoms with van der Waals surface area (Å²) in [6, 6.07) is 12.7. The first-order valence-corrected chi connectivity index (χ1v) is 12.6. The van der Waals surface area contributed by atoms with Crippen LogP contribution >= 0.6 is 0 Å². The van der Waals surface area contributed by atoms with Gasteiger partial charge in [-0.3, -0.25) is 14.4 Å². The average molecular weight is 525 g/mol. The molecule has 2 atom stereocenters. The van der Waals surface area contributed by atoms with Crippen LogP contribution in [-0.2, 0) is 25.7 Å². The van der Waals surface area contributed by atoms with Crippen LogP contribution in [0.25, 0.3) is 0 Å². The number of nitrogens with two attached hydrogens (primary N) is 1. The Morgan fingerprint density at radius 3 is 2.21 bits per heavy atom. The maximum atomic E-state index is 14.0. The highest BCUT2D eigenvalue weighted by Crippen LogP contribution is 2.34. The molecule has 0 radical (unpaired) electrons. The quantitative estimate of drug-likeness (QED) is 0.375. The second-order valence-electron chi connectivity index (χ2n) is 10.4. The fourth-order valence-corrected chi connectivity index (χ4v) is 4.19. The van der Waals surface area contributed by atoms with Gasteiger partial charge in [0, 0.05) is 12.6 Å². The highest BCUT2D eigenvalue weighted by atomic mass is 16.6. The van der Waals surface area contributed by atoms with E-state index in [-0.39, 0.29) is 18.3 Å². The molecular formula is C28H36N4O6. The van der Waals surface area contributed by atoms with Crippen molar-refractivity contribution in [3.8, 4) is 5.75 Å². The van der Waals surface area contributed by atoms with Crippen molar-refractivity contribution in [2.75, 3.05) is 0 Å². The Balaban J connectivity index is 1.96. The smallest absolute Gasteiger partial charge is 0.408 e. The first-order chi connectivity index (χ1) is 17.9. The van der Waals surface area contributed by atoms with Crippen LogP contribution in [0.15, 0.2) is 54.6 Å². The number of hydrogen-bond donors (Lipinski definition) is 4. The van der Waals surface area contributed by atoms with Crippen molar-refractivity contribution in [2.45, 2.75) is 76.7 Å². The molecule has 1 aliphatic carbocycles. The van der Waals surface area contributed by atoms with Crippen LogP contribution in [0, 0.1) is 0 Å². The number of primary amides is 1. The van der Waals surface area contributed by atoms with Gasteiger partial charge in [0.1, 0.15) is 23.4 Å². The average Bonchev–Trinajstić information content (AvgIpc) is 2.80. The molecule has 204 valence electrons. The first-order valence-electron chi connectivity index (χ1n) is 12.6. The zero-order valence-corrected chi connectivity index (χ0v) is 22.0. The Morgan fingerprint density at radius 2 is 1.68 bits per heavy atom. The zero-order valence-electron chi connectivity index (χ0n) is 22.0. The van der Waals surface area contributed by atoms with Crippen molar-refractivity contribution in [3.63, 3.8) is 0 Å². The zero-order chi connectivity index (χ0) is 27.9. The highest BCUT2D eigenvalue weighted by Gasteiger charge is 2.42. The predicted molar refractivity (Wildman–Crippen MR) is 141 cm³/mol. The lowest BCUT2D eigenvalue weighted by molar-refractivity contribution is -0.148. The lowest BCUT2D eigenvalue weighted by atomic mass is 9.88. The van der Waals surface area contributed by atoms with E-state index in [9.17, 15) is 24.3 Å². The normalized spacial score (nSPS) is 14.9. The Bertz CT molecular complexity index is 1130. The molecule has 1 saturated carbocycles. The van der Waals surface area contributed by atoms with Crippen molar-refractivity contribution in [2.24, 2.45) is 5.73 Å². The molecule has 5 N–H and O–H groups in total. The number of phenols is 1. The summed E-state index contributed by atoms with van der Waals surface area (Å²) in [5.41, 5.74) is 5.95. The van der Waals surface area contributed by atoms with Crippen LogP contribution in [0.3, 0.4) is 0 Å². The van der Waals surface area contributed by atoms with Gasteiger partial charge in [0.2, 0.25) is 17.7 Å². The fraction of sp³-hybridized carbons (Fsp3) is 0.429. The number of aromatic hydroxyl groups is 1. The fourth-order valence-electron chi connectivity index (χ4n) is 4.19. The molecule has 10 nitrogen and oxygen atoms in total. The summed E-state index contributed by atoms with van der Waals surface area (Å²) < 4.78 is 5.29. The van der Waals surface area contributed by atoms with E-state index in [1.807, 2.05) is 30.3 Å². The van der Waals surface area contributed by atoms with Crippen LogP contribution < -0.4 is 16.4 Å². The van der Waals surface area contributed by atoms with Gasteiger partial charge < -0.3 is 31.1 Å². The topological polar surface area (TPSA) is 151 Å². The number of phenolic OH excluding ortho intramolecular Hbond substituents is 1. The van der Waals surface area contributed by atoms with E-state index in [1.165, 1.54) is 17.0 Å². The minimum Gasteiger partial charge on any atom is -0.508 e. The predicted octanol–water partition coefficient (Wildman–Crippen LogP) is 2.90. The molecule has 38 heavy (non-hydrogen) atoms. The molecule has 0 spiro atoms. The number of benzene rings is 2. The van der Waals surface area contributed by atoms with Crippen molar-refractivity contribution >= 4 is 23.8 Å². The number of ether oxygens (including phenoxy) is 1. The summed E-state index contributed by atoms with van der Waals surface area (Å²) in [6.45, 7) is 5.27. The van der Waals surface area contributed by atoms with Crippen molar-refractivity contribution in [1.82, 2.24) is 15.5 Å². The SMILES string of the molecule is CC(C)(C)OC(=O)NC(CC(N)=O)C(=O)N(C1CCC1)C(C(=O)NCc1ccccc1)c1ccc(O)cc1. The molecule has 2 unspecified atom stereocenters. The second kappa shape index (κ2) is 12.4. The van der Waals surface area contributed by atoms with E-state index in [2.05, 4.69) is 10.6 Å². The maximum Gasteiger partial charge on any atom is 0.408 e. The third-order valence-corrected chi connectivity index (χ3v) is 6.16. The minimum atomic E-state index is -1.33. The van der Waals surface area contributed by atoms with Gasteiger partial charge in [0.15, 0.2) is 0 Å². The van der Waals surface area contributed by atoms with Gasteiger partial charge >= 0.3 is 6.09 Å². The lowest BCUT2D eigenvalue weighted by Crippen LogP contribution is -2.58. The molecule has 0 aliphatic heterocycles. The van der Waals surface area contributed by atoms with Crippen LogP contribution in [0.4, 0.5) is 4.79 Å². The monoisotopic (exact) mass is 524 g/mol. The second-order valence-corrected chi connectivity index (χ2v) is 10.4. The Morgan fingerprint density at radius 1 is 1.05 bits per heavy atom. The van der Waals surface area contributed by atoms with E-state index in [0.29, 0.717) is 18.4 Å². The number of hydrogen-bond acceptors (Lipinski definition) is 6. The lowest BCUT2D eigenvalue weighted by Gasteiger charge is -2.43. The maximum absolute atomic E-state index is 14.0. The summed E-state index contributed by atoms with van der Waals surface area (Å²) in [6.07, 6.45) is 0.835. The number of nitrogens with zero attached hydrogens (tertiary/aromatic N) is 1. The molecular weight excluding hydrogens is 488 g/mol. The first kappa shape index (κ1) is 28.5. The van der Waals surface area contributed by atoms with Crippen molar-refractivity contribution in [1.29, 1.82) is 0 Å². The molecule has 2 aromatic rings. The Labute approximate surface area is 222 Å². The van der Waals surface area contributed by atoms with E-state index in [1.54, 1.807) is 32.9 Å². The molecule has 0 aromatic heterocycles. The molecule has 0 heterocycles. The van der Waals surface area contributed by atoms with Crippen LogP contribution in [0.5, 0.6) is 5.75 Å². The summed E-state index contributed by atoms with van der Waals surface area (Å²) in [4.78, 5) is 53.5. The molecule has 3 rings (SSSR count). The molecule has 0 saturated heterocycles. The number of nitrogens with one attached hydrogen (secondary N) is 2. The van der Waals surface area contributed by atoms with Gasteiger partial charge in [-0.15, -0.1) is 0 Å². The summed E-state index contributed by atoms with van der Waals surface area (Å²) in [5, 5.41) is 15.2. The molecule has 4 amide bonds. The third-order valence-electron chi connectivity index (χ3n) is 6.16. The molecule has 0 bridgehead atoms. The van der Waals surface area contributed by atoms with E-state index in [4.69, 9.17) is 10.5 Å². The van der Waals surface area contributed by atoms with E-state index < -0.39 is 47.9 Å². The number of carbonyl (C=O) groups is 4. The number of carbonyl (C=O) groups excluding carboxylic acids is 4. The highest BCUT2D eigenvalue weighted by molar-refractivity contribution is 5.94. The molecule has 1 aliphatic rings. The Kier molecular flexibility index (Phi) is 9.33. The van der Waals surface area contributed by atoms with Crippen molar-refractivity contribution < 1.29 is 29.0 Å². The summed E-state index contributed by atoms with van der Waals surface area (Å²) >= 11 is 0. The number of alkyl carbamates (subject to hydrolysis) is 1. The summed E-state index contributed by atoms with van der Waals surface area (Å²) in [7, 11) is 0. The van der Waals surface area contributed by atoms with E-state index in [0.717, 1.165) is 12.0 Å². The van der Waals surface area contributed by atoms with E-state index >= 15 is 0 Å². The van der Waals surface area contributed by atoms with Gasteiger partial charge in [0.25, 0.3) is 0 Å². The standard InChI is InChI=1S/C28H36N4O6/c1-28(2,3)38-27(37)31-22(16-23(29)34)26(36)32(20-10-7-11-20)24(19-12-14-21(33)15-13-19)25(35)30-17-18-8-5-4-6-9-18/h4-6,8-9,12-15,20,22,24,33H,7,10-11,16-17H2,1-3H3,(H2,29,34)(H,30,35)(H,31,37). The molecule has 2 aromatic carbocycles.